The third-order valence-electron chi connectivity index (χ3n) is 2.47. The summed E-state index contributed by atoms with van der Waals surface area (Å²) >= 11 is 1.83. The average molecular weight is 218 g/mol. The van der Waals surface area contributed by atoms with E-state index in [1.54, 1.807) is 0 Å². The number of nitrogens with one attached hydrogen (secondary N) is 1. The number of anilines is 1. The summed E-state index contributed by atoms with van der Waals surface area (Å²) in [4.78, 5) is 6.90. The number of hydrogen-bond donors (Lipinski definition) is 1. The average Bonchev–Trinajstić information content (AvgIpc) is 2.59. The summed E-state index contributed by atoms with van der Waals surface area (Å²) in [6.07, 6.45) is 1.84. The van der Waals surface area contributed by atoms with E-state index >= 15 is 0 Å². The molecule has 0 saturated carbocycles. The maximum Gasteiger partial charge on any atom is 0.126 e. The number of nitrogens with zero attached hydrogens (tertiary/aromatic N) is 1. The van der Waals surface area contributed by atoms with Gasteiger partial charge in [0.25, 0.3) is 0 Å². The van der Waals surface area contributed by atoms with Gasteiger partial charge in [-0.3, -0.25) is 0 Å². The van der Waals surface area contributed by atoms with E-state index in [4.69, 9.17) is 0 Å². The fraction of sp³-hybridized carbons (Fsp3) is 0.250. The SMILES string of the molecule is CNc1cc(-c2cc(C)c(C)s2)ccn1. The van der Waals surface area contributed by atoms with E-state index in [1.807, 2.05) is 30.6 Å². The number of rotatable bonds is 2. The number of thiophene rings is 1. The van der Waals surface area contributed by atoms with Crippen molar-refractivity contribution in [1.29, 1.82) is 0 Å². The van der Waals surface area contributed by atoms with Crippen molar-refractivity contribution in [3.8, 4) is 10.4 Å². The van der Waals surface area contributed by atoms with Crippen LogP contribution in [0.25, 0.3) is 10.4 Å². The Morgan fingerprint density at radius 3 is 2.67 bits per heavy atom. The number of aryl methyl sites for hydroxylation is 2. The monoisotopic (exact) mass is 218 g/mol. The van der Waals surface area contributed by atoms with Crippen molar-refractivity contribution < 1.29 is 0 Å². The first-order valence-corrected chi connectivity index (χ1v) is 5.73. The second kappa shape index (κ2) is 4.03. The molecule has 2 aromatic rings. The second-order valence-corrected chi connectivity index (χ2v) is 4.79. The highest BCUT2D eigenvalue weighted by Gasteiger charge is 2.04. The van der Waals surface area contributed by atoms with Crippen LogP contribution in [0.1, 0.15) is 10.4 Å². The van der Waals surface area contributed by atoms with Crippen LogP contribution in [0.4, 0.5) is 5.82 Å². The van der Waals surface area contributed by atoms with Crippen molar-refractivity contribution in [2.45, 2.75) is 13.8 Å². The van der Waals surface area contributed by atoms with Crippen LogP contribution in [0.3, 0.4) is 0 Å². The molecule has 0 unspecified atom stereocenters. The molecule has 0 amide bonds. The molecule has 2 heterocycles. The minimum Gasteiger partial charge on any atom is -0.373 e. The molecule has 0 aliphatic carbocycles. The van der Waals surface area contributed by atoms with Gasteiger partial charge in [-0.2, -0.15) is 0 Å². The summed E-state index contributed by atoms with van der Waals surface area (Å²) in [7, 11) is 1.89. The van der Waals surface area contributed by atoms with E-state index in [0.717, 1.165) is 5.82 Å². The van der Waals surface area contributed by atoms with Crippen LogP contribution in [0, 0.1) is 13.8 Å². The van der Waals surface area contributed by atoms with Crippen LogP contribution in [0.2, 0.25) is 0 Å². The van der Waals surface area contributed by atoms with Gasteiger partial charge in [0, 0.05) is 23.0 Å². The summed E-state index contributed by atoms with van der Waals surface area (Å²) in [5.41, 5.74) is 2.59. The van der Waals surface area contributed by atoms with E-state index in [0.29, 0.717) is 0 Å². The van der Waals surface area contributed by atoms with Crippen LogP contribution in [0.5, 0.6) is 0 Å². The normalized spacial score (nSPS) is 10.3. The highest BCUT2D eigenvalue weighted by molar-refractivity contribution is 7.15. The standard InChI is InChI=1S/C12H14N2S/c1-8-6-11(15-9(8)2)10-4-5-14-12(7-10)13-3/h4-7H,1-3H3,(H,13,14). The van der Waals surface area contributed by atoms with Gasteiger partial charge in [0.15, 0.2) is 0 Å². The molecular formula is C12H14N2S. The molecular weight excluding hydrogens is 204 g/mol. The minimum atomic E-state index is 0.913. The van der Waals surface area contributed by atoms with E-state index in [9.17, 15) is 0 Å². The molecule has 3 heteroatoms. The molecule has 0 aromatic carbocycles. The van der Waals surface area contributed by atoms with Gasteiger partial charge in [-0.1, -0.05) is 0 Å². The lowest BCUT2D eigenvalue weighted by Crippen LogP contribution is -1.90. The van der Waals surface area contributed by atoms with Gasteiger partial charge in [-0.25, -0.2) is 4.98 Å². The Morgan fingerprint density at radius 1 is 1.27 bits per heavy atom. The summed E-state index contributed by atoms with van der Waals surface area (Å²) in [6, 6.07) is 6.35. The molecule has 0 spiro atoms. The smallest absolute Gasteiger partial charge is 0.126 e. The zero-order valence-corrected chi connectivity index (χ0v) is 9.98. The summed E-state index contributed by atoms with van der Waals surface area (Å²) in [5, 5.41) is 3.05. The zero-order chi connectivity index (χ0) is 10.8. The Hall–Kier alpha value is -1.35. The molecule has 0 fully saturated rings. The lowest BCUT2D eigenvalue weighted by molar-refractivity contribution is 1.29. The Kier molecular flexibility index (Phi) is 2.73. The van der Waals surface area contributed by atoms with Crippen LogP contribution in [-0.4, -0.2) is 12.0 Å². The topological polar surface area (TPSA) is 24.9 Å². The molecule has 1 N–H and O–H groups in total. The van der Waals surface area contributed by atoms with Crippen molar-refractivity contribution in [3.05, 3.63) is 34.8 Å². The van der Waals surface area contributed by atoms with Crippen molar-refractivity contribution in [1.82, 2.24) is 4.98 Å². The van der Waals surface area contributed by atoms with Gasteiger partial charge < -0.3 is 5.32 Å². The van der Waals surface area contributed by atoms with Crippen LogP contribution in [0.15, 0.2) is 24.4 Å². The molecule has 15 heavy (non-hydrogen) atoms. The highest BCUT2D eigenvalue weighted by Crippen LogP contribution is 2.31. The summed E-state index contributed by atoms with van der Waals surface area (Å²) in [6.45, 7) is 4.30. The maximum absolute atomic E-state index is 4.21. The molecule has 2 rings (SSSR count). The van der Waals surface area contributed by atoms with E-state index < -0.39 is 0 Å². The largest absolute Gasteiger partial charge is 0.373 e. The Morgan fingerprint density at radius 2 is 2.07 bits per heavy atom. The zero-order valence-electron chi connectivity index (χ0n) is 9.16. The second-order valence-electron chi connectivity index (χ2n) is 3.53. The number of pyridine rings is 1. The highest BCUT2D eigenvalue weighted by atomic mass is 32.1. The fourth-order valence-corrected chi connectivity index (χ4v) is 2.47. The molecule has 78 valence electrons. The predicted octanol–water partition coefficient (Wildman–Crippen LogP) is 3.47. The van der Waals surface area contributed by atoms with Gasteiger partial charge in [-0.15, -0.1) is 11.3 Å². The Labute approximate surface area is 94.0 Å². The molecule has 0 bridgehead atoms. The Balaban J connectivity index is 2.44. The van der Waals surface area contributed by atoms with Crippen LogP contribution < -0.4 is 5.32 Å². The molecule has 0 saturated heterocycles. The van der Waals surface area contributed by atoms with Gasteiger partial charge in [0.1, 0.15) is 5.82 Å². The Bertz CT molecular complexity index is 455. The van der Waals surface area contributed by atoms with E-state index in [1.165, 1.54) is 20.9 Å². The van der Waals surface area contributed by atoms with Gasteiger partial charge in [0.2, 0.25) is 0 Å². The molecule has 0 aliphatic rings. The molecule has 2 aromatic heterocycles. The van der Waals surface area contributed by atoms with E-state index in [2.05, 4.69) is 36.3 Å². The first-order chi connectivity index (χ1) is 7.20. The van der Waals surface area contributed by atoms with Crippen molar-refractivity contribution in [2.75, 3.05) is 12.4 Å². The third kappa shape index (κ3) is 2.02. The minimum absolute atomic E-state index is 0.913. The van der Waals surface area contributed by atoms with Crippen molar-refractivity contribution in [3.63, 3.8) is 0 Å². The van der Waals surface area contributed by atoms with Gasteiger partial charge in [-0.05, 0) is 43.2 Å². The summed E-state index contributed by atoms with van der Waals surface area (Å²) in [5.74, 6) is 0.913. The van der Waals surface area contributed by atoms with Gasteiger partial charge in [0.05, 0.1) is 0 Å². The summed E-state index contributed by atoms with van der Waals surface area (Å²) < 4.78 is 0. The number of aromatic nitrogens is 1. The lowest BCUT2D eigenvalue weighted by atomic mass is 10.2. The molecule has 2 nitrogen and oxygen atoms in total. The van der Waals surface area contributed by atoms with Gasteiger partial charge >= 0.3 is 0 Å². The van der Waals surface area contributed by atoms with Crippen LogP contribution >= 0.6 is 11.3 Å². The van der Waals surface area contributed by atoms with Crippen molar-refractivity contribution >= 4 is 17.2 Å². The first kappa shape index (κ1) is 10.2. The lowest BCUT2D eigenvalue weighted by Gasteiger charge is -2.01. The predicted molar refractivity (Wildman–Crippen MR) is 66.6 cm³/mol. The van der Waals surface area contributed by atoms with Crippen LogP contribution in [-0.2, 0) is 0 Å². The molecule has 0 atom stereocenters. The first-order valence-electron chi connectivity index (χ1n) is 4.92. The van der Waals surface area contributed by atoms with Crippen molar-refractivity contribution in [2.24, 2.45) is 0 Å². The van der Waals surface area contributed by atoms with E-state index in [-0.39, 0.29) is 0 Å². The number of hydrogen-bond acceptors (Lipinski definition) is 3. The molecule has 0 radical (unpaired) electrons. The maximum atomic E-state index is 4.21. The molecule has 0 aliphatic heterocycles. The quantitative estimate of drug-likeness (QED) is 0.835. The third-order valence-corrected chi connectivity index (χ3v) is 3.67. The fourth-order valence-electron chi connectivity index (χ4n) is 1.44.